The first-order chi connectivity index (χ1) is 29.3. The molecule has 21 atom stereocenters. The minimum atomic E-state index is -0.656. The zero-order valence-corrected chi connectivity index (χ0v) is 37.4. The van der Waals surface area contributed by atoms with Crippen molar-refractivity contribution in [3.8, 4) is 0 Å². The summed E-state index contributed by atoms with van der Waals surface area (Å²) >= 11 is 6.87. The van der Waals surface area contributed by atoms with Gasteiger partial charge in [-0.1, -0.05) is 71.1 Å². The molecule has 338 valence electrons. The number of aliphatic hydroxyl groups excluding tert-OH is 2. The van der Waals surface area contributed by atoms with Gasteiger partial charge < -0.3 is 19.9 Å². The summed E-state index contributed by atoms with van der Waals surface area (Å²) < 4.78 is 0. The minimum absolute atomic E-state index is 0.0159. The first-order valence-corrected chi connectivity index (χ1v) is 25.8. The smallest absolute Gasteiger partial charge is 0.139 e. The van der Waals surface area contributed by atoms with Crippen molar-refractivity contribution in [2.75, 3.05) is 6.61 Å². The lowest BCUT2D eigenvalue weighted by atomic mass is 9.61. The second-order valence-electron chi connectivity index (χ2n) is 22.1. The Balaban J connectivity index is 0.817. The maximum Gasteiger partial charge on any atom is 0.139 e. The maximum absolute atomic E-state index is 14.3. The number of fused-ring (bicyclic) bond motifs is 5. The number of Topliss-reactive ketones (excluding diaryl/α,β-unsaturated/α-hetero) is 1. The molecule has 9 saturated carbocycles. The third-order valence-corrected chi connectivity index (χ3v) is 19.1. The lowest BCUT2D eigenvalue weighted by Crippen LogP contribution is -2.54. The second kappa shape index (κ2) is 20.0. The van der Waals surface area contributed by atoms with Crippen molar-refractivity contribution >= 4 is 17.4 Å². The van der Waals surface area contributed by atoms with Crippen molar-refractivity contribution in [3.63, 3.8) is 0 Å². The van der Waals surface area contributed by atoms with Gasteiger partial charge in [0.15, 0.2) is 0 Å². The number of hydrogen-bond acceptors (Lipinski definition) is 11. The van der Waals surface area contributed by atoms with Crippen LogP contribution in [0, 0.1) is 71.0 Å². The largest absolute Gasteiger partial charge is 0.390 e. The number of nitrogens with two attached hydrogens (primary N) is 1. The van der Waals surface area contributed by atoms with Crippen LogP contribution < -0.4 is 11.4 Å². The lowest BCUT2D eigenvalue weighted by Gasteiger charge is -2.49. The maximum atomic E-state index is 14.3. The molecule has 9 aliphatic rings. The first kappa shape index (κ1) is 44.1. The third-order valence-electron chi connectivity index (χ3n) is 18.6. The van der Waals surface area contributed by atoms with Gasteiger partial charge in [0.2, 0.25) is 0 Å². The standard InChI is InChI=1S/C48H79ClN6O5/c1-27-9-8-12-33(21-27)55-59-26-30-22-28-10-2-4-13-34(28)43(45(30)56)53-51-31-17-19-36-37-20-18-32(25-40(37)46(57)39(36)24-31)52-54-44-35-14-5-3-11-29(35)23-41(47(44)58)48(60-50)38-15-6-7-16-42(38)49/h27-45,47-48,55-56,58H,2-26,50H2,1H3. The van der Waals surface area contributed by atoms with Crippen LogP contribution in [0.4, 0.5) is 0 Å². The molecule has 21 unspecified atom stereocenters. The van der Waals surface area contributed by atoms with Gasteiger partial charge >= 0.3 is 0 Å². The van der Waals surface area contributed by atoms with Gasteiger partial charge in [0.25, 0.3) is 0 Å². The van der Waals surface area contributed by atoms with E-state index in [0.29, 0.717) is 53.9 Å². The van der Waals surface area contributed by atoms with Crippen molar-refractivity contribution in [1.29, 1.82) is 0 Å². The summed E-state index contributed by atoms with van der Waals surface area (Å²) in [6.07, 6.45) is 24.5. The molecule has 5 N–H and O–H groups in total. The number of nitrogens with zero attached hydrogens (tertiary/aromatic N) is 4. The molecule has 0 aliphatic heterocycles. The number of azo groups is 2. The van der Waals surface area contributed by atoms with Gasteiger partial charge in [-0.3, -0.25) is 4.79 Å². The van der Waals surface area contributed by atoms with Crippen LogP contribution in [0.15, 0.2) is 20.5 Å². The summed E-state index contributed by atoms with van der Waals surface area (Å²) in [6.45, 7) is 2.85. The van der Waals surface area contributed by atoms with Gasteiger partial charge in [-0.25, -0.2) is 5.90 Å². The zero-order valence-electron chi connectivity index (χ0n) is 36.7. The summed E-state index contributed by atoms with van der Waals surface area (Å²) in [6, 6.07) is 0.0244. The molecule has 0 saturated heterocycles. The number of alkyl halides is 1. The van der Waals surface area contributed by atoms with Gasteiger partial charge in [0.1, 0.15) is 17.9 Å². The number of carbonyl (C=O) groups excluding carboxylic acids is 1. The van der Waals surface area contributed by atoms with Crippen LogP contribution in [-0.4, -0.2) is 76.5 Å². The fraction of sp³-hybridized carbons (Fsp3) is 0.979. The Labute approximate surface area is 365 Å². The molecule has 0 aromatic heterocycles. The van der Waals surface area contributed by atoms with Crippen molar-refractivity contribution < 1.29 is 24.7 Å². The summed E-state index contributed by atoms with van der Waals surface area (Å²) in [5.41, 5.74) is 3.36. The molecule has 9 fully saturated rings. The summed E-state index contributed by atoms with van der Waals surface area (Å²) in [5, 5.41) is 44.0. The average molecular weight is 856 g/mol. The van der Waals surface area contributed by atoms with Gasteiger partial charge in [0.05, 0.1) is 37.0 Å². The van der Waals surface area contributed by atoms with E-state index in [0.717, 1.165) is 115 Å². The Morgan fingerprint density at radius 3 is 1.88 bits per heavy atom. The fourth-order valence-corrected chi connectivity index (χ4v) is 15.9. The Morgan fingerprint density at radius 1 is 0.650 bits per heavy atom. The van der Waals surface area contributed by atoms with Crippen LogP contribution >= 0.6 is 11.6 Å². The van der Waals surface area contributed by atoms with Crippen molar-refractivity contribution in [2.45, 2.75) is 215 Å². The number of rotatable bonds is 11. The molecule has 0 amide bonds. The molecule has 9 aliphatic carbocycles. The van der Waals surface area contributed by atoms with Crippen molar-refractivity contribution in [2.24, 2.45) is 97.4 Å². The van der Waals surface area contributed by atoms with Crippen LogP contribution in [-0.2, 0) is 14.5 Å². The molecule has 0 spiro atoms. The zero-order chi connectivity index (χ0) is 41.3. The van der Waals surface area contributed by atoms with Gasteiger partial charge in [0, 0.05) is 41.0 Å². The van der Waals surface area contributed by atoms with Gasteiger partial charge in [-0.2, -0.15) is 25.9 Å². The number of carbonyl (C=O) groups is 1. The van der Waals surface area contributed by atoms with E-state index in [2.05, 4.69) is 12.4 Å². The van der Waals surface area contributed by atoms with Crippen molar-refractivity contribution in [3.05, 3.63) is 0 Å². The molecule has 12 heteroatoms. The Hall–Kier alpha value is -1.08. The van der Waals surface area contributed by atoms with Crippen LogP contribution in [0.25, 0.3) is 0 Å². The summed E-state index contributed by atoms with van der Waals surface area (Å²) in [5.74, 6) is 10.00. The lowest BCUT2D eigenvalue weighted by molar-refractivity contribution is -0.126. The SMILES string of the molecule is CC1CCCC(NOCC2CC3CCCCC3C(N=NC3CCC4C(C3)C(=O)C3CC(N=NC5C(O)C(C(ON)C6CCCCC6Cl)CC6CCCCC65)CCC34)C2O)C1. The molecule has 60 heavy (non-hydrogen) atoms. The fourth-order valence-electron chi connectivity index (χ4n) is 15.5. The van der Waals surface area contributed by atoms with E-state index in [1.165, 1.54) is 44.9 Å². The minimum Gasteiger partial charge on any atom is -0.390 e. The predicted molar refractivity (Wildman–Crippen MR) is 232 cm³/mol. The Kier molecular flexibility index (Phi) is 14.7. The molecular weight excluding hydrogens is 776 g/mol. The van der Waals surface area contributed by atoms with Crippen LogP contribution in [0.5, 0.6) is 0 Å². The molecule has 0 aromatic carbocycles. The van der Waals surface area contributed by atoms with Gasteiger partial charge in [-0.15, -0.1) is 11.6 Å². The average Bonchev–Trinajstić information content (AvgIpc) is 3.54. The van der Waals surface area contributed by atoms with Crippen LogP contribution in [0.1, 0.15) is 161 Å². The highest BCUT2D eigenvalue weighted by molar-refractivity contribution is 6.20. The Bertz CT molecular complexity index is 1490. The van der Waals surface area contributed by atoms with Crippen molar-refractivity contribution in [1.82, 2.24) is 5.48 Å². The van der Waals surface area contributed by atoms with E-state index >= 15 is 0 Å². The molecule has 11 nitrogen and oxygen atoms in total. The highest BCUT2D eigenvalue weighted by Crippen LogP contribution is 2.54. The molecule has 0 radical (unpaired) electrons. The van der Waals surface area contributed by atoms with E-state index in [1.807, 2.05) is 0 Å². The van der Waals surface area contributed by atoms with E-state index in [9.17, 15) is 15.0 Å². The topological polar surface area (TPSA) is 163 Å². The monoisotopic (exact) mass is 855 g/mol. The number of halogens is 1. The van der Waals surface area contributed by atoms with E-state index < -0.39 is 12.2 Å². The number of aliphatic hydroxyl groups is 2. The van der Waals surface area contributed by atoms with E-state index in [-0.39, 0.29) is 65.2 Å². The normalized spacial score (nSPS) is 49.2. The predicted octanol–water partition coefficient (Wildman–Crippen LogP) is 9.31. The quantitative estimate of drug-likeness (QED) is 0.0914. The molecule has 0 heterocycles. The highest BCUT2D eigenvalue weighted by atomic mass is 35.5. The number of ketones is 1. The summed E-state index contributed by atoms with van der Waals surface area (Å²) in [4.78, 5) is 26.1. The highest BCUT2D eigenvalue weighted by Gasteiger charge is 2.55. The molecular formula is C48H79ClN6O5. The second-order valence-corrected chi connectivity index (χ2v) is 22.6. The van der Waals surface area contributed by atoms with Crippen LogP contribution in [0.3, 0.4) is 0 Å². The number of nitrogens with one attached hydrogen (secondary N) is 1. The summed E-state index contributed by atoms with van der Waals surface area (Å²) in [7, 11) is 0. The molecule has 0 aromatic rings. The van der Waals surface area contributed by atoms with Crippen LogP contribution in [0.2, 0.25) is 0 Å². The Morgan fingerprint density at radius 2 is 1.25 bits per heavy atom. The molecule has 9 rings (SSSR count). The molecule has 0 bridgehead atoms. The third kappa shape index (κ3) is 9.36. The first-order valence-electron chi connectivity index (χ1n) is 25.3. The van der Waals surface area contributed by atoms with Gasteiger partial charge in [-0.05, 0) is 131 Å². The van der Waals surface area contributed by atoms with E-state index in [4.69, 9.17) is 47.6 Å². The number of hydrogen-bond donors (Lipinski definition) is 4. The van der Waals surface area contributed by atoms with E-state index in [1.54, 1.807) is 0 Å². The number of hydroxylamine groups is 1.